The number of likely N-dealkylation sites (N-methyl/N-ethyl adjacent to an activating group) is 1. The highest BCUT2D eigenvalue weighted by Gasteiger charge is 2.29. The summed E-state index contributed by atoms with van der Waals surface area (Å²) in [6.45, 7) is 13.4. The van der Waals surface area contributed by atoms with Gasteiger partial charge < -0.3 is 14.6 Å². The minimum absolute atomic E-state index is 0.125. The Morgan fingerprint density at radius 3 is 2.14 bits per heavy atom. The van der Waals surface area contributed by atoms with Crippen LogP contribution in [0.5, 0.6) is 0 Å². The maximum absolute atomic E-state index is 11.9. The van der Waals surface area contributed by atoms with Gasteiger partial charge in [0.05, 0.1) is 5.41 Å². The Kier molecular flexibility index (Phi) is 5.63. The molecule has 2 fully saturated rings. The van der Waals surface area contributed by atoms with E-state index in [0.717, 1.165) is 31.8 Å². The van der Waals surface area contributed by atoms with E-state index in [0.29, 0.717) is 0 Å². The number of nitrogens with zero attached hydrogens (tertiary/aromatic N) is 3. The van der Waals surface area contributed by atoms with Gasteiger partial charge in [0, 0.05) is 45.8 Å². The predicted molar refractivity (Wildman–Crippen MR) is 83.8 cm³/mol. The van der Waals surface area contributed by atoms with Gasteiger partial charge in [-0.3, -0.25) is 0 Å². The van der Waals surface area contributed by atoms with Gasteiger partial charge in [0.2, 0.25) is 0 Å². The van der Waals surface area contributed by atoms with E-state index in [2.05, 4.69) is 16.8 Å². The molecule has 0 N–H and O–H groups in total. The summed E-state index contributed by atoms with van der Waals surface area (Å²) in [5.41, 5.74) is -0.420. The summed E-state index contributed by atoms with van der Waals surface area (Å²) in [6, 6.07) is 0. The maximum atomic E-state index is 11.9. The third-order valence-electron chi connectivity index (χ3n) is 4.51. The van der Waals surface area contributed by atoms with Crippen LogP contribution in [0.3, 0.4) is 0 Å². The van der Waals surface area contributed by atoms with Gasteiger partial charge in [-0.15, -0.1) is 5.06 Å². The maximum Gasteiger partial charge on any atom is 0.330 e. The summed E-state index contributed by atoms with van der Waals surface area (Å²) in [6.07, 6.45) is 2.26. The van der Waals surface area contributed by atoms with Gasteiger partial charge in [0.1, 0.15) is 0 Å². The Hall–Kier alpha value is -0.650. The van der Waals surface area contributed by atoms with Crippen LogP contribution in [0.25, 0.3) is 0 Å². The molecule has 0 aliphatic carbocycles. The lowest BCUT2D eigenvalue weighted by Crippen LogP contribution is -2.47. The smallest absolute Gasteiger partial charge is 0.330 e. The second-order valence-electron chi connectivity index (χ2n) is 7.61. The van der Waals surface area contributed by atoms with Crippen molar-refractivity contribution in [1.82, 2.24) is 14.9 Å². The van der Waals surface area contributed by atoms with E-state index >= 15 is 0 Å². The summed E-state index contributed by atoms with van der Waals surface area (Å²) in [7, 11) is 2.19. The van der Waals surface area contributed by atoms with E-state index in [9.17, 15) is 4.79 Å². The van der Waals surface area contributed by atoms with Gasteiger partial charge in [-0.05, 0) is 46.6 Å². The van der Waals surface area contributed by atoms with Crippen molar-refractivity contribution in [1.29, 1.82) is 0 Å². The largest absolute Gasteiger partial charge is 0.367 e. The third-order valence-corrected chi connectivity index (χ3v) is 4.51. The van der Waals surface area contributed by atoms with Crippen molar-refractivity contribution >= 4 is 5.97 Å². The fourth-order valence-electron chi connectivity index (χ4n) is 2.83. The first-order valence-electron chi connectivity index (χ1n) is 8.23. The van der Waals surface area contributed by atoms with E-state index in [4.69, 9.17) is 4.84 Å². The fourth-order valence-corrected chi connectivity index (χ4v) is 2.83. The van der Waals surface area contributed by atoms with Gasteiger partial charge in [-0.25, -0.2) is 4.79 Å². The van der Waals surface area contributed by atoms with Crippen LogP contribution >= 0.6 is 0 Å². The van der Waals surface area contributed by atoms with Crippen LogP contribution < -0.4 is 0 Å². The van der Waals surface area contributed by atoms with Crippen molar-refractivity contribution in [3.8, 4) is 0 Å². The second-order valence-corrected chi connectivity index (χ2v) is 7.61. The highest BCUT2D eigenvalue weighted by Crippen LogP contribution is 2.22. The molecule has 21 heavy (non-hydrogen) atoms. The van der Waals surface area contributed by atoms with E-state index in [1.165, 1.54) is 32.7 Å². The molecule has 0 radical (unpaired) electrons. The summed E-state index contributed by atoms with van der Waals surface area (Å²) in [5, 5.41) is 1.86. The molecule has 0 aromatic rings. The molecule has 2 saturated heterocycles. The average molecular weight is 297 g/mol. The first-order chi connectivity index (χ1) is 9.84. The lowest BCUT2D eigenvalue weighted by atomic mass is 9.96. The molecule has 0 amide bonds. The van der Waals surface area contributed by atoms with Gasteiger partial charge in [0.25, 0.3) is 0 Å². The zero-order valence-electron chi connectivity index (χ0n) is 14.1. The fraction of sp³-hybridized carbons (Fsp3) is 0.938. The van der Waals surface area contributed by atoms with E-state index in [1.54, 1.807) is 0 Å². The third kappa shape index (κ3) is 5.24. The van der Waals surface area contributed by atoms with Crippen molar-refractivity contribution in [2.75, 3.05) is 52.9 Å². The molecule has 0 saturated carbocycles. The van der Waals surface area contributed by atoms with Crippen LogP contribution in [0.2, 0.25) is 0 Å². The first kappa shape index (κ1) is 16.7. The average Bonchev–Trinajstić information content (AvgIpc) is 2.42. The van der Waals surface area contributed by atoms with Gasteiger partial charge in [-0.2, -0.15) is 0 Å². The Balaban J connectivity index is 1.67. The molecule has 0 unspecified atom stereocenters. The topological polar surface area (TPSA) is 36.0 Å². The predicted octanol–water partition coefficient (Wildman–Crippen LogP) is 1.45. The molecule has 2 aliphatic rings. The van der Waals surface area contributed by atoms with Gasteiger partial charge in [-0.1, -0.05) is 0 Å². The highest BCUT2D eigenvalue weighted by molar-refractivity contribution is 5.75. The van der Waals surface area contributed by atoms with Gasteiger partial charge in [0.15, 0.2) is 0 Å². The zero-order chi connectivity index (χ0) is 15.5. The van der Waals surface area contributed by atoms with E-state index in [1.807, 2.05) is 25.8 Å². The highest BCUT2D eigenvalue weighted by atomic mass is 16.7. The first-order valence-corrected chi connectivity index (χ1v) is 8.23. The van der Waals surface area contributed by atoms with Crippen molar-refractivity contribution in [3.05, 3.63) is 0 Å². The Labute approximate surface area is 129 Å². The molecule has 2 rings (SSSR count). The molecule has 122 valence electrons. The number of piperidine rings is 1. The lowest BCUT2D eigenvalue weighted by Gasteiger charge is -2.37. The summed E-state index contributed by atoms with van der Waals surface area (Å²) in [5.74, 6) is 0.623. The monoisotopic (exact) mass is 297 g/mol. The Morgan fingerprint density at radius 2 is 1.62 bits per heavy atom. The van der Waals surface area contributed by atoms with Crippen LogP contribution in [0.1, 0.15) is 33.6 Å². The molecule has 5 nitrogen and oxygen atoms in total. The SMILES string of the molecule is CN1CCN(CC2CCN(OC(=O)C(C)(C)C)CC2)CC1. The van der Waals surface area contributed by atoms with Crippen LogP contribution in [0.15, 0.2) is 0 Å². The Morgan fingerprint density at radius 1 is 1.05 bits per heavy atom. The lowest BCUT2D eigenvalue weighted by molar-refractivity contribution is -0.206. The standard InChI is InChI=1S/C16H31N3O2/c1-16(2,3)15(20)21-19-7-5-14(6-8-19)13-18-11-9-17(4)10-12-18/h14H,5-13H2,1-4H3. The molecule has 0 spiro atoms. The summed E-state index contributed by atoms with van der Waals surface area (Å²) >= 11 is 0. The van der Waals surface area contributed by atoms with Crippen molar-refractivity contribution in [2.45, 2.75) is 33.6 Å². The summed E-state index contributed by atoms with van der Waals surface area (Å²) < 4.78 is 0. The quantitative estimate of drug-likeness (QED) is 0.788. The number of piperazine rings is 1. The van der Waals surface area contributed by atoms with Crippen LogP contribution in [0.4, 0.5) is 0 Å². The molecular weight excluding hydrogens is 266 g/mol. The Bertz CT molecular complexity index is 338. The van der Waals surface area contributed by atoms with Crippen LogP contribution in [-0.2, 0) is 9.63 Å². The number of rotatable bonds is 3. The van der Waals surface area contributed by atoms with E-state index in [-0.39, 0.29) is 5.97 Å². The van der Waals surface area contributed by atoms with Gasteiger partial charge >= 0.3 is 5.97 Å². The minimum Gasteiger partial charge on any atom is -0.367 e. The minimum atomic E-state index is -0.420. The normalized spacial score (nSPS) is 24.2. The molecule has 2 heterocycles. The van der Waals surface area contributed by atoms with Crippen molar-refractivity contribution < 1.29 is 9.63 Å². The van der Waals surface area contributed by atoms with Crippen LogP contribution in [0, 0.1) is 11.3 Å². The molecule has 5 heteroatoms. The summed E-state index contributed by atoms with van der Waals surface area (Å²) in [4.78, 5) is 22.3. The van der Waals surface area contributed by atoms with Crippen LogP contribution in [-0.4, -0.2) is 73.7 Å². The van der Waals surface area contributed by atoms with E-state index < -0.39 is 5.41 Å². The zero-order valence-corrected chi connectivity index (χ0v) is 14.1. The molecule has 0 aromatic carbocycles. The number of hydrogen-bond donors (Lipinski definition) is 0. The number of hydroxylamine groups is 2. The second kappa shape index (κ2) is 7.07. The number of carbonyl (C=O) groups is 1. The molecule has 0 bridgehead atoms. The molecular formula is C16H31N3O2. The number of hydrogen-bond acceptors (Lipinski definition) is 5. The molecule has 2 aliphatic heterocycles. The van der Waals surface area contributed by atoms with Crippen molar-refractivity contribution in [3.63, 3.8) is 0 Å². The molecule has 0 atom stereocenters. The molecule has 0 aromatic heterocycles. The number of carbonyl (C=O) groups excluding carboxylic acids is 1. The van der Waals surface area contributed by atoms with Crippen molar-refractivity contribution in [2.24, 2.45) is 11.3 Å².